The number of aromatic hydroxyl groups is 1. The van der Waals surface area contributed by atoms with Crippen molar-refractivity contribution < 1.29 is 24.2 Å². The number of amides is 1. The molecule has 3 aromatic carbocycles. The molecule has 3 aromatic rings. The summed E-state index contributed by atoms with van der Waals surface area (Å²) in [6.45, 7) is 1.87. The first kappa shape index (κ1) is 21.6. The zero-order valence-electron chi connectivity index (χ0n) is 16.1. The Balaban J connectivity index is 1.63. The number of benzene rings is 3. The number of nitrogens with zero attached hydrogens (tertiary/aromatic N) is 1. The molecule has 0 aliphatic heterocycles. The SMILES string of the molecule is CCOC(=O)COc1ccc(C=NNC(=O)c2cc3ccccc3cc2O)cc1I. The second-order valence-corrected chi connectivity index (χ2v) is 7.36. The number of hydrazone groups is 1. The van der Waals surface area contributed by atoms with Crippen molar-refractivity contribution in [3.8, 4) is 11.5 Å². The molecule has 0 unspecified atom stereocenters. The first-order valence-electron chi connectivity index (χ1n) is 9.11. The number of carbonyl (C=O) groups is 2. The summed E-state index contributed by atoms with van der Waals surface area (Å²) in [5.41, 5.74) is 3.29. The normalized spacial score (nSPS) is 10.9. The number of esters is 1. The highest BCUT2D eigenvalue weighted by atomic mass is 127. The first-order valence-corrected chi connectivity index (χ1v) is 10.2. The molecule has 0 bridgehead atoms. The molecule has 1 amide bonds. The van der Waals surface area contributed by atoms with Crippen LogP contribution in [0.4, 0.5) is 0 Å². The standard InChI is InChI=1S/C22H19IN2O5/c1-2-29-21(27)13-30-20-8-7-14(9-18(20)23)12-24-25-22(28)17-10-15-5-3-4-6-16(15)11-19(17)26/h3-12,26H,2,13H2,1H3,(H,25,28). The van der Waals surface area contributed by atoms with E-state index in [4.69, 9.17) is 9.47 Å². The van der Waals surface area contributed by atoms with Gasteiger partial charge in [-0.25, -0.2) is 10.2 Å². The highest BCUT2D eigenvalue weighted by molar-refractivity contribution is 14.1. The minimum Gasteiger partial charge on any atom is -0.507 e. The van der Waals surface area contributed by atoms with Crippen LogP contribution in [-0.2, 0) is 9.53 Å². The van der Waals surface area contributed by atoms with Crippen molar-refractivity contribution in [1.29, 1.82) is 0 Å². The second-order valence-electron chi connectivity index (χ2n) is 6.20. The van der Waals surface area contributed by atoms with Gasteiger partial charge in [0.2, 0.25) is 0 Å². The lowest BCUT2D eigenvalue weighted by atomic mass is 10.1. The van der Waals surface area contributed by atoms with Crippen molar-refractivity contribution in [3.63, 3.8) is 0 Å². The van der Waals surface area contributed by atoms with E-state index >= 15 is 0 Å². The fraction of sp³-hybridized carbons (Fsp3) is 0.136. The Morgan fingerprint density at radius 1 is 1.13 bits per heavy atom. The van der Waals surface area contributed by atoms with Crippen molar-refractivity contribution in [2.75, 3.05) is 13.2 Å². The number of hydrogen-bond donors (Lipinski definition) is 2. The summed E-state index contributed by atoms with van der Waals surface area (Å²) in [4.78, 5) is 23.8. The molecule has 0 aliphatic rings. The summed E-state index contributed by atoms with van der Waals surface area (Å²) in [7, 11) is 0. The van der Waals surface area contributed by atoms with Crippen LogP contribution in [0.25, 0.3) is 10.8 Å². The van der Waals surface area contributed by atoms with Gasteiger partial charge in [0.05, 0.1) is 22.0 Å². The Labute approximate surface area is 186 Å². The molecule has 154 valence electrons. The van der Waals surface area contributed by atoms with Gasteiger partial charge in [-0.2, -0.15) is 5.10 Å². The lowest BCUT2D eigenvalue weighted by molar-refractivity contribution is -0.145. The number of ether oxygens (including phenoxy) is 2. The van der Waals surface area contributed by atoms with Crippen molar-refractivity contribution in [3.05, 3.63) is 69.3 Å². The molecule has 8 heteroatoms. The van der Waals surface area contributed by atoms with Crippen LogP contribution >= 0.6 is 22.6 Å². The van der Waals surface area contributed by atoms with E-state index in [1.807, 2.05) is 24.3 Å². The van der Waals surface area contributed by atoms with E-state index in [-0.39, 0.29) is 17.9 Å². The zero-order valence-corrected chi connectivity index (χ0v) is 18.3. The summed E-state index contributed by atoms with van der Waals surface area (Å²) in [6.07, 6.45) is 1.48. The number of fused-ring (bicyclic) bond motifs is 1. The van der Waals surface area contributed by atoms with E-state index in [1.165, 1.54) is 6.21 Å². The number of nitrogens with one attached hydrogen (secondary N) is 1. The van der Waals surface area contributed by atoms with Gasteiger partial charge in [0.1, 0.15) is 11.5 Å². The van der Waals surface area contributed by atoms with Crippen molar-refractivity contribution in [1.82, 2.24) is 5.43 Å². The van der Waals surface area contributed by atoms with E-state index < -0.39 is 11.9 Å². The van der Waals surface area contributed by atoms with E-state index in [1.54, 1.807) is 37.3 Å². The summed E-state index contributed by atoms with van der Waals surface area (Å²) in [5, 5.41) is 15.8. The van der Waals surface area contributed by atoms with Crippen LogP contribution in [0, 0.1) is 3.57 Å². The van der Waals surface area contributed by atoms with Gasteiger partial charge in [-0.15, -0.1) is 0 Å². The quantitative estimate of drug-likeness (QED) is 0.214. The van der Waals surface area contributed by atoms with Crippen LogP contribution in [0.3, 0.4) is 0 Å². The Bertz CT molecular complexity index is 1110. The van der Waals surface area contributed by atoms with E-state index in [0.29, 0.717) is 12.4 Å². The number of phenolic OH excluding ortho intramolecular Hbond substituents is 1. The Hall–Kier alpha value is -3.14. The third-order valence-corrected chi connectivity index (χ3v) is 4.94. The minimum absolute atomic E-state index is 0.112. The maximum absolute atomic E-state index is 12.4. The highest BCUT2D eigenvalue weighted by Crippen LogP contribution is 2.25. The van der Waals surface area contributed by atoms with Gasteiger partial charge in [0.25, 0.3) is 5.91 Å². The number of rotatable bonds is 7. The number of carbonyl (C=O) groups excluding carboxylic acids is 2. The predicted octanol–water partition coefficient (Wildman–Crippen LogP) is 3.86. The van der Waals surface area contributed by atoms with Gasteiger partial charge >= 0.3 is 5.97 Å². The summed E-state index contributed by atoms with van der Waals surface area (Å²) >= 11 is 2.08. The Morgan fingerprint density at radius 3 is 2.57 bits per heavy atom. The largest absolute Gasteiger partial charge is 0.507 e. The Kier molecular flexibility index (Phi) is 7.23. The molecule has 3 rings (SSSR count). The second kappa shape index (κ2) is 10.1. The molecule has 0 saturated heterocycles. The number of phenols is 1. The van der Waals surface area contributed by atoms with Gasteiger partial charge in [-0.05, 0) is 76.2 Å². The molecule has 0 aromatic heterocycles. The van der Waals surface area contributed by atoms with Gasteiger partial charge in [0.15, 0.2) is 6.61 Å². The zero-order chi connectivity index (χ0) is 21.5. The number of hydrogen-bond acceptors (Lipinski definition) is 6. The van der Waals surface area contributed by atoms with Crippen LogP contribution in [0.15, 0.2) is 59.7 Å². The molecule has 0 atom stereocenters. The number of halogens is 1. The molecule has 0 spiro atoms. The van der Waals surface area contributed by atoms with Gasteiger partial charge in [-0.3, -0.25) is 4.79 Å². The van der Waals surface area contributed by atoms with Crippen LogP contribution in [0.1, 0.15) is 22.8 Å². The van der Waals surface area contributed by atoms with Crippen LogP contribution < -0.4 is 10.2 Å². The molecular weight excluding hydrogens is 499 g/mol. The maximum atomic E-state index is 12.4. The molecule has 0 aliphatic carbocycles. The summed E-state index contributed by atoms with van der Waals surface area (Å²) in [6, 6.07) is 15.9. The summed E-state index contributed by atoms with van der Waals surface area (Å²) < 4.78 is 11.0. The lowest BCUT2D eigenvalue weighted by Gasteiger charge is -2.08. The maximum Gasteiger partial charge on any atom is 0.344 e. The monoisotopic (exact) mass is 518 g/mol. The third-order valence-electron chi connectivity index (χ3n) is 4.10. The van der Waals surface area contributed by atoms with Crippen LogP contribution in [-0.4, -0.2) is 36.4 Å². The lowest BCUT2D eigenvalue weighted by Crippen LogP contribution is -2.17. The molecular formula is C22H19IN2O5. The van der Waals surface area contributed by atoms with E-state index in [0.717, 1.165) is 19.9 Å². The van der Waals surface area contributed by atoms with Crippen LogP contribution in [0.2, 0.25) is 0 Å². The third kappa shape index (κ3) is 5.47. The smallest absolute Gasteiger partial charge is 0.344 e. The predicted molar refractivity (Wildman–Crippen MR) is 122 cm³/mol. The average molecular weight is 518 g/mol. The molecule has 7 nitrogen and oxygen atoms in total. The van der Waals surface area contributed by atoms with Gasteiger partial charge in [-0.1, -0.05) is 24.3 Å². The first-order chi connectivity index (χ1) is 14.5. The molecule has 0 saturated carbocycles. The molecule has 0 fully saturated rings. The van der Waals surface area contributed by atoms with Gasteiger partial charge < -0.3 is 14.6 Å². The van der Waals surface area contributed by atoms with Crippen molar-refractivity contribution in [2.45, 2.75) is 6.92 Å². The van der Waals surface area contributed by atoms with E-state index in [9.17, 15) is 14.7 Å². The minimum atomic E-state index is -0.515. The average Bonchev–Trinajstić information content (AvgIpc) is 2.72. The fourth-order valence-corrected chi connectivity index (χ4v) is 3.38. The van der Waals surface area contributed by atoms with Gasteiger partial charge in [0, 0.05) is 0 Å². The highest BCUT2D eigenvalue weighted by Gasteiger charge is 2.12. The molecule has 30 heavy (non-hydrogen) atoms. The van der Waals surface area contributed by atoms with Crippen LogP contribution in [0.5, 0.6) is 11.5 Å². The summed E-state index contributed by atoms with van der Waals surface area (Å²) in [5.74, 6) is -0.512. The fourth-order valence-electron chi connectivity index (χ4n) is 2.69. The molecule has 0 radical (unpaired) electrons. The van der Waals surface area contributed by atoms with Crippen molar-refractivity contribution >= 4 is 51.5 Å². The van der Waals surface area contributed by atoms with E-state index in [2.05, 4.69) is 33.1 Å². The topological polar surface area (TPSA) is 97.2 Å². The van der Waals surface area contributed by atoms with Crippen molar-refractivity contribution in [2.24, 2.45) is 5.10 Å². The Morgan fingerprint density at radius 2 is 1.87 bits per heavy atom. The molecule has 2 N–H and O–H groups in total. The molecule has 0 heterocycles.